The fourth-order valence-corrected chi connectivity index (χ4v) is 3.29. The van der Waals surface area contributed by atoms with Crippen molar-refractivity contribution in [2.45, 2.75) is 20.3 Å². The van der Waals surface area contributed by atoms with Crippen LogP contribution in [0.3, 0.4) is 0 Å². The van der Waals surface area contributed by atoms with Gasteiger partial charge in [0, 0.05) is 11.9 Å². The standard InChI is InChI=1S/C18H16BrN3O3/c1-3-14-15(22-9-10(2)8-13(19)16(22)21-14)17(23)20-12-6-4-11(5-7-12)18(24)25/h4-9H,3H2,1-2H3,(H,20,23)(H,24,25). The molecule has 0 aliphatic rings. The van der Waals surface area contributed by atoms with Gasteiger partial charge in [0.2, 0.25) is 0 Å². The normalized spacial score (nSPS) is 10.8. The molecule has 7 heteroatoms. The summed E-state index contributed by atoms with van der Waals surface area (Å²) < 4.78 is 2.60. The molecule has 1 aromatic carbocycles. The third-order valence-corrected chi connectivity index (χ3v) is 4.41. The predicted molar refractivity (Wildman–Crippen MR) is 98.4 cm³/mol. The van der Waals surface area contributed by atoms with Crippen molar-refractivity contribution in [1.29, 1.82) is 0 Å². The monoisotopic (exact) mass is 401 g/mol. The summed E-state index contributed by atoms with van der Waals surface area (Å²) in [5, 5.41) is 11.8. The molecule has 0 aliphatic heterocycles. The second-order valence-electron chi connectivity index (χ2n) is 5.66. The number of anilines is 1. The number of fused-ring (bicyclic) bond motifs is 1. The van der Waals surface area contributed by atoms with Crippen LogP contribution >= 0.6 is 15.9 Å². The molecule has 25 heavy (non-hydrogen) atoms. The van der Waals surface area contributed by atoms with Crippen LogP contribution in [0.1, 0.15) is 39.0 Å². The Hall–Kier alpha value is -2.67. The first-order valence-corrected chi connectivity index (χ1v) is 8.51. The number of hydrogen-bond donors (Lipinski definition) is 2. The smallest absolute Gasteiger partial charge is 0.335 e. The first kappa shape index (κ1) is 17.2. The number of hydrogen-bond acceptors (Lipinski definition) is 3. The van der Waals surface area contributed by atoms with Crippen LogP contribution in [-0.4, -0.2) is 26.4 Å². The molecule has 0 fully saturated rings. The van der Waals surface area contributed by atoms with Gasteiger partial charge in [0.15, 0.2) is 5.65 Å². The Balaban J connectivity index is 2.00. The van der Waals surface area contributed by atoms with Crippen LogP contribution in [0.15, 0.2) is 41.0 Å². The maximum absolute atomic E-state index is 12.8. The maximum atomic E-state index is 12.8. The number of nitrogens with zero attached hydrogens (tertiary/aromatic N) is 2. The van der Waals surface area contributed by atoms with Crippen molar-refractivity contribution in [3.8, 4) is 0 Å². The SMILES string of the molecule is CCc1nc2c(Br)cc(C)cn2c1C(=O)Nc1ccc(C(=O)O)cc1. The molecule has 0 aliphatic carbocycles. The highest BCUT2D eigenvalue weighted by atomic mass is 79.9. The molecule has 6 nitrogen and oxygen atoms in total. The molecular weight excluding hydrogens is 386 g/mol. The number of amides is 1. The number of carboxylic acids is 1. The number of rotatable bonds is 4. The van der Waals surface area contributed by atoms with Gasteiger partial charge in [0.05, 0.1) is 15.7 Å². The summed E-state index contributed by atoms with van der Waals surface area (Å²) in [5.74, 6) is -1.29. The lowest BCUT2D eigenvalue weighted by Gasteiger charge is -2.08. The van der Waals surface area contributed by atoms with Gasteiger partial charge in [0.25, 0.3) is 5.91 Å². The van der Waals surface area contributed by atoms with E-state index >= 15 is 0 Å². The van der Waals surface area contributed by atoms with Crippen LogP contribution in [0, 0.1) is 6.92 Å². The van der Waals surface area contributed by atoms with Gasteiger partial charge >= 0.3 is 5.97 Å². The van der Waals surface area contributed by atoms with E-state index in [1.165, 1.54) is 12.1 Å². The van der Waals surface area contributed by atoms with Crippen molar-refractivity contribution >= 4 is 39.1 Å². The summed E-state index contributed by atoms with van der Waals surface area (Å²) in [5.41, 5.74) is 3.56. The summed E-state index contributed by atoms with van der Waals surface area (Å²) in [4.78, 5) is 28.3. The molecule has 1 amide bonds. The Kier molecular flexibility index (Phi) is 4.59. The lowest BCUT2D eigenvalue weighted by Crippen LogP contribution is -2.16. The number of benzene rings is 1. The molecule has 3 rings (SSSR count). The van der Waals surface area contributed by atoms with E-state index < -0.39 is 5.97 Å². The Bertz CT molecular complexity index is 977. The van der Waals surface area contributed by atoms with E-state index in [9.17, 15) is 9.59 Å². The predicted octanol–water partition coefficient (Wildman–Crippen LogP) is 3.92. The van der Waals surface area contributed by atoms with Crippen molar-refractivity contribution in [3.63, 3.8) is 0 Å². The third-order valence-electron chi connectivity index (χ3n) is 3.82. The quantitative estimate of drug-likeness (QED) is 0.693. The van der Waals surface area contributed by atoms with Crippen LogP contribution in [0.5, 0.6) is 0 Å². The number of aromatic nitrogens is 2. The van der Waals surface area contributed by atoms with Crippen LogP contribution in [0.2, 0.25) is 0 Å². The Morgan fingerprint density at radius 3 is 2.56 bits per heavy atom. The first-order chi connectivity index (χ1) is 11.9. The second-order valence-corrected chi connectivity index (χ2v) is 6.51. The van der Waals surface area contributed by atoms with E-state index in [4.69, 9.17) is 5.11 Å². The summed E-state index contributed by atoms with van der Waals surface area (Å²) in [7, 11) is 0. The number of pyridine rings is 1. The largest absolute Gasteiger partial charge is 0.478 e. The highest BCUT2D eigenvalue weighted by Crippen LogP contribution is 2.24. The molecule has 2 aromatic heterocycles. The number of nitrogens with one attached hydrogen (secondary N) is 1. The van der Waals surface area contributed by atoms with Crippen LogP contribution in [0.25, 0.3) is 5.65 Å². The third kappa shape index (κ3) is 3.28. The summed E-state index contributed by atoms with van der Waals surface area (Å²) in [6.07, 6.45) is 2.49. The first-order valence-electron chi connectivity index (χ1n) is 7.72. The summed E-state index contributed by atoms with van der Waals surface area (Å²) >= 11 is 3.49. The molecule has 2 N–H and O–H groups in total. The van der Waals surface area contributed by atoms with Crippen LogP contribution in [0.4, 0.5) is 5.69 Å². The van der Waals surface area contributed by atoms with Gasteiger partial charge in [-0.3, -0.25) is 9.20 Å². The molecule has 0 bridgehead atoms. The van der Waals surface area contributed by atoms with Gasteiger partial charge in [-0.2, -0.15) is 0 Å². The number of imidazole rings is 1. The fourth-order valence-electron chi connectivity index (χ4n) is 2.65. The average molecular weight is 402 g/mol. The Morgan fingerprint density at radius 1 is 1.28 bits per heavy atom. The molecule has 0 atom stereocenters. The number of carbonyl (C=O) groups is 2. The second kappa shape index (κ2) is 6.68. The highest BCUT2D eigenvalue weighted by molar-refractivity contribution is 9.10. The van der Waals surface area contributed by atoms with E-state index in [2.05, 4.69) is 26.2 Å². The average Bonchev–Trinajstić information content (AvgIpc) is 2.94. The highest BCUT2D eigenvalue weighted by Gasteiger charge is 2.20. The van der Waals surface area contributed by atoms with Gasteiger partial charge in [-0.25, -0.2) is 9.78 Å². The minimum atomic E-state index is -1.01. The number of halogens is 1. The van der Waals surface area contributed by atoms with Gasteiger partial charge in [-0.05, 0) is 65.2 Å². The van der Waals surface area contributed by atoms with Crippen molar-refractivity contribution < 1.29 is 14.7 Å². The zero-order valence-electron chi connectivity index (χ0n) is 13.7. The van der Waals surface area contributed by atoms with E-state index in [0.717, 1.165) is 10.0 Å². The fraction of sp³-hybridized carbons (Fsp3) is 0.167. The van der Waals surface area contributed by atoms with Gasteiger partial charge in [-0.15, -0.1) is 0 Å². The van der Waals surface area contributed by atoms with E-state index in [1.54, 1.807) is 16.5 Å². The minimum Gasteiger partial charge on any atom is -0.478 e. The molecular formula is C18H16BrN3O3. The van der Waals surface area contributed by atoms with Gasteiger partial charge < -0.3 is 10.4 Å². The molecule has 0 unspecified atom stereocenters. The van der Waals surface area contributed by atoms with Crippen molar-refractivity contribution in [2.24, 2.45) is 0 Å². The van der Waals surface area contributed by atoms with E-state index in [1.807, 2.05) is 26.1 Å². The van der Waals surface area contributed by atoms with Crippen molar-refractivity contribution in [1.82, 2.24) is 9.38 Å². The number of aromatic carboxylic acids is 1. The Morgan fingerprint density at radius 2 is 1.96 bits per heavy atom. The molecule has 0 spiro atoms. The van der Waals surface area contributed by atoms with Crippen molar-refractivity contribution in [3.05, 3.63) is 63.5 Å². The van der Waals surface area contributed by atoms with Crippen molar-refractivity contribution in [2.75, 3.05) is 5.32 Å². The number of carboxylic acid groups (broad SMARTS) is 1. The Labute approximate surface area is 152 Å². The summed E-state index contributed by atoms with van der Waals surface area (Å²) in [6, 6.07) is 7.99. The lowest BCUT2D eigenvalue weighted by atomic mass is 10.2. The number of carbonyl (C=O) groups excluding carboxylic acids is 1. The molecule has 3 aromatic rings. The minimum absolute atomic E-state index is 0.168. The topological polar surface area (TPSA) is 83.7 Å². The van der Waals surface area contributed by atoms with Gasteiger partial charge in [-0.1, -0.05) is 6.92 Å². The molecule has 2 heterocycles. The zero-order valence-corrected chi connectivity index (χ0v) is 15.3. The van der Waals surface area contributed by atoms with E-state index in [-0.39, 0.29) is 11.5 Å². The summed E-state index contributed by atoms with van der Waals surface area (Å²) in [6.45, 7) is 3.89. The number of aryl methyl sites for hydroxylation is 2. The van der Waals surface area contributed by atoms with Gasteiger partial charge in [0.1, 0.15) is 5.69 Å². The molecule has 0 saturated heterocycles. The zero-order chi connectivity index (χ0) is 18.1. The molecule has 128 valence electrons. The van der Waals surface area contributed by atoms with E-state index in [0.29, 0.717) is 29.1 Å². The van der Waals surface area contributed by atoms with Crippen LogP contribution < -0.4 is 5.32 Å². The van der Waals surface area contributed by atoms with Crippen LogP contribution in [-0.2, 0) is 6.42 Å². The molecule has 0 saturated carbocycles. The lowest BCUT2D eigenvalue weighted by molar-refractivity contribution is 0.0696. The molecule has 0 radical (unpaired) electrons. The maximum Gasteiger partial charge on any atom is 0.335 e.